The Hall–Kier alpha value is -1.20. The Labute approximate surface area is 107 Å². The highest BCUT2D eigenvalue weighted by molar-refractivity contribution is 7.39. The number of ether oxygens (including phenoxy) is 1. The summed E-state index contributed by atoms with van der Waals surface area (Å²) >= 11 is 0. The Morgan fingerprint density at radius 2 is 1.94 bits per heavy atom. The molecule has 0 rings (SSSR count). The molecule has 0 saturated carbocycles. The average Bonchev–Trinajstić information content (AvgIpc) is 2.20. The van der Waals surface area contributed by atoms with E-state index < -0.39 is 31.7 Å². The van der Waals surface area contributed by atoms with Crippen LogP contribution in [0, 0.1) is 0 Å². The molecule has 8 heteroatoms. The van der Waals surface area contributed by atoms with Crippen LogP contribution in [-0.4, -0.2) is 42.1 Å². The second-order valence-electron chi connectivity index (χ2n) is 4.56. The minimum atomic E-state index is -1.89. The second-order valence-corrected chi connectivity index (χ2v) is 6.04. The van der Waals surface area contributed by atoms with Crippen molar-refractivity contribution in [3.8, 4) is 0 Å². The summed E-state index contributed by atoms with van der Waals surface area (Å²) in [6.45, 7) is 5.01. The molecule has 0 fully saturated rings. The summed E-state index contributed by atoms with van der Waals surface area (Å²) in [4.78, 5) is 22.3. The van der Waals surface area contributed by atoms with E-state index in [4.69, 9.17) is 9.84 Å². The van der Waals surface area contributed by atoms with E-state index in [1.54, 1.807) is 20.8 Å². The molecule has 0 bridgehead atoms. The number of amides is 1. The lowest BCUT2D eigenvalue weighted by molar-refractivity contribution is -0.139. The minimum Gasteiger partial charge on any atom is -0.480 e. The molecule has 104 valence electrons. The van der Waals surface area contributed by atoms with Crippen molar-refractivity contribution in [1.29, 1.82) is 0 Å². The first-order chi connectivity index (χ1) is 8.15. The van der Waals surface area contributed by atoms with Crippen LogP contribution in [-0.2, 0) is 18.6 Å². The zero-order chi connectivity index (χ0) is 14.3. The van der Waals surface area contributed by atoms with E-state index in [0.29, 0.717) is 0 Å². The van der Waals surface area contributed by atoms with Crippen LogP contribution in [0.25, 0.3) is 0 Å². The van der Waals surface area contributed by atoms with Gasteiger partial charge >= 0.3 is 20.1 Å². The summed E-state index contributed by atoms with van der Waals surface area (Å²) < 4.78 is 20.5. The van der Waals surface area contributed by atoms with Crippen LogP contribution in [0.3, 0.4) is 0 Å². The fourth-order valence-electron chi connectivity index (χ4n) is 1.03. The van der Waals surface area contributed by atoms with Crippen molar-refractivity contribution in [2.24, 2.45) is 0 Å². The molecular weight excluding hydrogens is 261 g/mol. The fourth-order valence-corrected chi connectivity index (χ4v) is 1.68. The van der Waals surface area contributed by atoms with Gasteiger partial charge in [0.05, 0.1) is 7.11 Å². The van der Waals surface area contributed by atoms with Gasteiger partial charge in [-0.05, 0) is 25.3 Å². The Balaban J connectivity index is 4.32. The van der Waals surface area contributed by atoms with Gasteiger partial charge in [-0.25, -0.2) is 9.59 Å². The molecule has 0 aromatic heterocycles. The number of carboxylic acids is 1. The van der Waals surface area contributed by atoms with Crippen molar-refractivity contribution < 1.29 is 28.5 Å². The summed E-state index contributed by atoms with van der Waals surface area (Å²) in [6.07, 6.45) is -0.751. The highest BCUT2D eigenvalue weighted by atomic mass is 31.1. The Morgan fingerprint density at radius 1 is 1.39 bits per heavy atom. The fraction of sp³-hybridized carbons (Fsp3) is 0.800. The highest BCUT2D eigenvalue weighted by Crippen LogP contribution is 2.21. The summed E-state index contributed by atoms with van der Waals surface area (Å²) in [7, 11) is -0.619. The molecule has 2 N–H and O–H groups in total. The van der Waals surface area contributed by atoms with Gasteiger partial charge < -0.3 is 15.2 Å². The van der Waals surface area contributed by atoms with Crippen molar-refractivity contribution in [1.82, 2.24) is 5.32 Å². The van der Waals surface area contributed by atoms with Crippen LogP contribution in [0.1, 0.15) is 27.2 Å². The zero-order valence-electron chi connectivity index (χ0n) is 10.9. The number of nitrogens with one attached hydrogen (secondary N) is 1. The molecular formula is C10H19NO6P+. The van der Waals surface area contributed by atoms with Crippen LogP contribution in [0.2, 0.25) is 0 Å². The van der Waals surface area contributed by atoms with Gasteiger partial charge in [0.25, 0.3) is 0 Å². The van der Waals surface area contributed by atoms with Crippen LogP contribution in [0.5, 0.6) is 0 Å². The summed E-state index contributed by atoms with van der Waals surface area (Å²) in [5.74, 6) is -1.21. The van der Waals surface area contributed by atoms with Crippen molar-refractivity contribution in [3.05, 3.63) is 0 Å². The van der Waals surface area contributed by atoms with E-state index in [2.05, 4.69) is 9.84 Å². The van der Waals surface area contributed by atoms with E-state index in [9.17, 15) is 14.2 Å². The topological polar surface area (TPSA) is 102 Å². The molecule has 2 unspecified atom stereocenters. The lowest BCUT2D eigenvalue weighted by Gasteiger charge is -2.21. The number of alkyl carbamates (subject to hydrolysis) is 1. The first-order valence-corrected chi connectivity index (χ1v) is 6.73. The number of aliphatic carboxylic acids is 1. The standard InChI is InChI=1S/C10H18NO6P/c1-10(2,3)17-9(14)11-7(8(12)13)5-6-18(15)16-4/h7H,5-6H2,1-4H3,(H-,11,12,13,14)/p+1. The van der Waals surface area contributed by atoms with E-state index in [1.807, 2.05) is 0 Å². The molecule has 0 aromatic rings. The third-order valence-corrected chi connectivity index (χ3v) is 2.82. The normalized spacial score (nSPS) is 13.7. The van der Waals surface area contributed by atoms with Crippen LogP contribution >= 0.6 is 8.03 Å². The van der Waals surface area contributed by atoms with Gasteiger partial charge in [0.2, 0.25) is 0 Å². The van der Waals surface area contributed by atoms with Gasteiger partial charge in [-0.2, -0.15) is 0 Å². The molecule has 1 amide bonds. The molecule has 0 aromatic carbocycles. The Morgan fingerprint density at radius 3 is 2.33 bits per heavy atom. The molecule has 0 saturated heterocycles. The molecule has 2 atom stereocenters. The summed E-state index contributed by atoms with van der Waals surface area (Å²) in [6, 6.07) is -1.14. The van der Waals surface area contributed by atoms with Crippen molar-refractivity contribution in [2.45, 2.75) is 38.8 Å². The van der Waals surface area contributed by atoms with Crippen LogP contribution < -0.4 is 5.32 Å². The molecule has 7 nitrogen and oxygen atoms in total. The number of hydrogen-bond acceptors (Lipinski definition) is 5. The SMILES string of the molecule is CO[P+](=O)CCC(NC(=O)OC(C)(C)C)C(=O)O. The van der Waals surface area contributed by atoms with Gasteiger partial charge in [-0.1, -0.05) is 0 Å². The number of carboxylic acid groups (broad SMARTS) is 1. The lowest BCUT2D eigenvalue weighted by atomic mass is 10.2. The number of carbonyl (C=O) groups excluding carboxylic acids is 1. The minimum absolute atomic E-state index is 0.0115. The molecule has 0 radical (unpaired) electrons. The Bertz CT molecular complexity index is 325. The van der Waals surface area contributed by atoms with Crippen molar-refractivity contribution >= 4 is 20.1 Å². The Kier molecular flexibility index (Phi) is 6.80. The van der Waals surface area contributed by atoms with E-state index in [-0.39, 0.29) is 12.6 Å². The van der Waals surface area contributed by atoms with Crippen LogP contribution in [0.4, 0.5) is 4.79 Å². The predicted octanol–water partition coefficient (Wildman–Crippen LogP) is 1.74. The van der Waals surface area contributed by atoms with E-state index >= 15 is 0 Å². The number of hydrogen-bond donors (Lipinski definition) is 2. The van der Waals surface area contributed by atoms with Crippen molar-refractivity contribution in [2.75, 3.05) is 13.3 Å². The smallest absolute Gasteiger partial charge is 0.480 e. The molecule has 0 spiro atoms. The second kappa shape index (κ2) is 7.28. The number of carbonyl (C=O) groups is 2. The van der Waals surface area contributed by atoms with E-state index in [1.165, 1.54) is 7.11 Å². The summed E-state index contributed by atoms with van der Waals surface area (Å²) in [5.41, 5.74) is -0.704. The average molecular weight is 280 g/mol. The van der Waals surface area contributed by atoms with Gasteiger partial charge in [-0.15, -0.1) is 4.52 Å². The first-order valence-electron chi connectivity index (χ1n) is 5.37. The van der Waals surface area contributed by atoms with Gasteiger partial charge in [0.15, 0.2) is 6.16 Å². The van der Waals surface area contributed by atoms with Gasteiger partial charge in [-0.3, -0.25) is 0 Å². The molecule has 0 heterocycles. The molecule has 0 aliphatic rings. The largest absolute Gasteiger partial charge is 0.507 e. The maximum absolute atomic E-state index is 11.4. The van der Waals surface area contributed by atoms with E-state index in [0.717, 1.165) is 0 Å². The summed E-state index contributed by atoms with van der Waals surface area (Å²) in [5, 5.41) is 11.1. The molecule has 18 heavy (non-hydrogen) atoms. The third-order valence-electron chi connectivity index (χ3n) is 1.79. The third kappa shape index (κ3) is 7.97. The van der Waals surface area contributed by atoms with Gasteiger partial charge in [0.1, 0.15) is 11.6 Å². The zero-order valence-corrected chi connectivity index (χ0v) is 11.8. The monoisotopic (exact) mass is 280 g/mol. The van der Waals surface area contributed by atoms with Gasteiger partial charge in [0, 0.05) is 6.42 Å². The molecule has 0 aliphatic carbocycles. The quantitative estimate of drug-likeness (QED) is 0.718. The maximum Gasteiger partial charge on any atom is 0.507 e. The maximum atomic E-state index is 11.4. The number of rotatable bonds is 6. The lowest BCUT2D eigenvalue weighted by Crippen LogP contribution is -2.43. The first kappa shape index (κ1) is 16.8. The molecule has 0 aliphatic heterocycles. The predicted molar refractivity (Wildman–Crippen MR) is 64.9 cm³/mol. The van der Waals surface area contributed by atoms with Crippen molar-refractivity contribution in [3.63, 3.8) is 0 Å². The van der Waals surface area contributed by atoms with Crippen LogP contribution in [0.15, 0.2) is 0 Å². The highest BCUT2D eigenvalue weighted by Gasteiger charge is 2.27.